The van der Waals surface area contributed by atoms with Gasteiger partial charge in [0.1, 0.15) is 0 Å². The van der Waals surface area contributed by atoms with Crippen molar-refractivity contribution in [1.29, 1.82) is 0 Å². The minimum absolute atomic E-state index is 0.136. The molecule has 0 spiro atoms. The predicted octanol–water partition coefficient (Wildman–Crippen LogP) is 6.43. The Hall–Kier alpha value is -1.51. The molecule has 1 unspecified atom stereocenters. The first kappa shape index (κ1) is 14.4. The van der Waals surface area contributed by atoms with Crippen molar-refractivity contribution in [3.63, 3.8) is 0 Å². The van der Waals surface area contributed by atoms with Gasteiger partial charge in [-0.05, 0) is 36.1 Å². The van der Waals surface area contributed by atoms with Crippen molar-refractivity contribution in [2.75, 3.05) is 5.32 Å². The summed E-state index contributed by atoms with van der Waals surface area (Å²) in [6.45, 7) is 2.12. The molecular weight excluding hydrogens is 346 g/mol. The molecule has 3 heteroatoms. The average Bonchev–Trinajstić information content (AvgIpc) is 2.47. The summed E-state index contributed by atoms with van der Waals surface area (Å²) in [5, 5.41) is 6.79. The van der Waals surface area contributed by atoms with E-state index in [9.17, 15) is 0 Å². The molecule has 106 valence electrons. The van der Waals surface area contributed by atoms with Crippen molar-refractivity contribution in [1.82, 2.24) is 0 Å². The third kappa shape index (κ3) is 3.07. The Morgan fingerprint density at radius 3 is 2.57 bits per heavy atom. The number of hydrogen-bond donors (Lipinski definition) is 1. The number of halogens is 2. The molecule has 1 N–H and O–H groups in total. The molecule has 0 heterocycles. The first-order chi connectivity index (χ1) is 10.1. The van der Waals surface area contributed by atoms with Gasteiger partial charge in [0.25, 0.3) is 0 Å². The maximum absolute atomic E-state index is 6.34. The molecule has 3 rings (SSSR count). The molecule has 0 amide bonds. The summed E-state index contributed by atoms with van der Waals surface area (Å²) in [4.78, 5) is 0. The first-order valence-corrected chi connectivity index (χ1v) is 8.01. The van der Waals surface area contributed by atoms with Gasteiger partial charge in [0.05, 0.1) is 6.04 Å². The smallest absolute Gasteiger partial charge is 0.0500 e. The van der Waals surface area contributed by atoms with Crippen LogP contribution in [0.1, 0.15) is 18.5 Å². The van der Waals surface area contributed by atoms with Gasteiger partial charge in [-0.1, -0.05) is 70.0 Å². The third-order valence-electron chi connectivity index (χ3n) is 3.59. The van der Waals surface area contributed by atoms with E-state index >= 15 is 0 Å². The predicted molar refractivity (Wildman–Crippen MR) is 95.1 cm³/mol. The standard InChI is InChI=1S/C18H15BrClN/c1-12(15-10-9-14(19)11-17(15)20)21-18-8-4-6-13-5-2-3-7-16(13)18/h2-12,21H,1H3. The van der Waals surface area contributed by atoms with Gasteiger partial charge in [-0.2, -0.15) is 0 Å². The molecule has 3 aromatic rings. The van der Waals surface area contributed by atoms with Crippen LogP contribution in [-0.4, -0.2) is 0 Å². The van der Waals surface area contributed by atoms with Gasteiger partial charge in [0.2, 0.25) is 0 Å². The van der Waals surface area contributed by atoms with Crippen LogP contribution in [-0.2, 0) is 0 Å². The molecule has 0 aliphatic heterocycles. The molecule has 1 atom stereocenters. The van der Waals surface area contributed by atoms with E-state index in [0.717, 1.165) is 20.7 Å². The lowest BCUT2D eigenvalue weighted by molar-refractivity contribution is 0.886. The normalized spacial score (nSPS) is 12.3. The Labute approximate surface area is 138 Å². The quantitative estimate of drug-likeness (QED) is 0.567. The number of nitrogens with one attached hydrogen (secondary N) is 1. The molecule has 0 radical (unpaired) electrons. The Kier molecular flexibility index (Phi) is 4.18. The van der Waals surface area contributed by atoms with Gasteiger partial charge in [0.15, 0.2) is 0 Å². The maximum Gasteiger partial charge on any atom is 0.0500 e. The van der Waals surface area contributed by atoms with Crippen LogP contribution in [0.2, 0.25) is 5.02 Å². The summed E-state index contributed by atoms with van der Waals surface area (Å²) >= 11 is 9.78. The summed E-state index contributed by atoms with van der Waals surface area (Å²) in [6.07, 6.45) is 0. The van der Waals surface area contributed by atoms with Crippen LogP contribution in [0.4, 0.5) is 5.69 Å². The fourth-order valence-electron chi connectivity index (χ4n) is 2.51. The summed E-state index contributed by atoms with van der Waals surface area (Å²) < 4.78 is 0.994. The van der Waals surface area contributed by atoms with E-state index < -0.39 is 0 Å². The van der Waals surface area contributed by atoms with Gasteiger partial charge < -0.3 is 5.32 Å². The average molecular weight is 361 g/mol. The third-order valence-corrected chi connectivity index (χ3v) is 4.41. The van der Waals surface area contributed by atoms with Crippen molar-refractivity contribution >= 4 is 44.0 Å². The second-order valence-electron chi connectivity index (χ2n) is 5.06. The largest absolute Gasteiger partial charge is 0.378 e. The highest BCUT2D eigenvalue weighted by atomic mass is 79.9. The SMILES string of the molecule is CC(Nc1cccc2ccccc12)c1ccc(Br)cc1Cl. The Balaban J connectivity index is 1.94. The Morgan fingerprint density at radius 2 is 1.76 bits per heavy atom. The minimum atomic E-state index is 0.136. The van der Waals surface area contributed by atoms with E-state index in [2.05, 4.69) is 76.7 Å². The van der Waals surface area contributed by atoms with Crippen LogP contribution in [0, 0.1) is 0 Å². The molecule has 3 aromatic carbocycles. The summed E-state index contributed by atoms with van der Waals surface area (Å²) in [5.74, 6) is 0. The lowest BCUT2D eigenvalue weighted by Crippen LogP contribution is -2.07. The second kappa shape index (κ2) is 6.08. The van der Waals surface area contributed by atoms with Crippen molar-refractivity contribution < 1.29 is 0 Å². The molecule has 0 fully saturated rings. The summed E-state index contributed by atoms with van der Waals surface area (Å²) in [5.41, 5.74) is 2.22. The van der Waals surface area contributed by atoms with E-state index in [1.54, 1.807) is 0 Å². The van der Waals surface area contributed by atoms with Crippen molar-refractivity contribution in [2.24, 2.45) is 0 Å². The molecule has 0 aliphatic rings. The molecule has 1 nitrogen and oxygen atoms in total. The van der Waals surface area contributed by atoms with E-state index in [4.69, 9.17) is 11.6 Å². The molecule has 21 heavy (non-hydrogen) atoms. The number of benzene rings is 3. The summed E-state index contributed by atoms with van der Waals surface area (Å²) in [6, 6.07) is 20.8. The van der Waals surface area contributed by atoms with Crippen molar-refractivity contribution in [3.05, 3.63) is 75.7 Å². The highest BCUT2D eigenvalue weighted by Crippen LogP contribution is 2.31. The lowest BCUT2D eigenvalue weighted by atomic mass is 10.1. The van der Waals surface area contributed by atoms with Gasteiger partial charge >= 0.3 is 0 Å². The number of anilines is 1. The van der Waals surface area contributed by atoms with Crippen LogP contribution < -0.4 is 5.32 Å². The van der Waals surface area contributed by atoms with Crippen LogP contribution in [0.25, 0.3) is 10.8 Å². The van der Waals surface area contributed by atoms with Crippen LogP contribution in [0.3, 0.4) is 0 Å². The van der Waals surface area contributed by atoms with Crippen LogP contribution in [0.5, 0.6) is 0 Å². The van der Waals surface area contributed by atoms with E-state index in [1.807, 2.05) is 12.1 Å². The zero-order chi connectivity index (χ0) is 14.8. The minimum Gasteiger partial charge on any atom is -0.378 e. The fourth-order valence-corrected chi connectivity index (χ4v) is 3.35. The second-order valence-corrected chi connectivity index (χ2v) is 6.38. The maximum atomic E-state index is 6.34. The Morgan fingerprint density at radius 1 is 1.00 bits per heavy atom. The molecule has 0 bridgehead atoms. The Bertz CT molecular complexity index is 780. The number of hydrogen-bond acceptors (Lipinski definition) is 1. The zero-order valence-electron chi connectivity index (χ0n) is 11.6. The van der Waals surface area contributed by atoms with Crippen molar-refractivity contribution in [3.8, 4) is 0 Å². The van der Waals surface area contributed by atoms with E-state index in [1.165, 1.54) is 10.8 Å². The monoisotopic (exact) mass is 359 g/mol. The van der Waals surface area contributed by atoms with Crippen molar-refractivity contribution in [2.45, 2.75) is 13.0 Å². The van der Waals surface area contributed by atoms with Gasteiger partial charge in [-0.15, -0.1) is 0 Å². The fraction of sp³-hybridized carbons (Fsp3) is 0.111. The molecule has 0 aromatic heterocycles. The van der Waals surface area contributed by atoms with E-state index in [-0.39, 0.29) is 6.04 Å². The highest BCUT2D eigenvalue weighted by molar-refractivity contribution is 9.10. The molecule has 0 saturated heterocycles. The zero-order valence-corrected chi connectivity index (χ0v) is 13.9. The molecule has 0 saturated carbocycles. The summed E-state index contributed by atoms with van der Waals surface area (Å²) in [7, 11) is 0. The van der Waals surface area contributed by atoms with Crippen LogP contribution >= 0.6 is 27.5 Å². The number of rotatable bonds is 3. The molecule has 0 aliphatic carbocycles. The first-order valence-electron chi connectivity index (χ1n) is 6.84. The number of fused-ring (bicyclic) bond motifs is 1. The van der Waals surface area contributed by atoms with E-state index in [0.29, 0.717) is 0 Å². The lowest BCUT2D eigenvalue weighted by Gasteiger charge is -2.18. The van der Waals surface area contributed by atoms with Gasteiger partial charge in [-0.3, -0.25) is 0 Å². The topological polar surface area (TPSA) is 12.0 Å². The van der Waals surface area contributed by atoms with Gasteiger partial charge in [0, 0.05) is 20.6 Å². The van der Waals surface area contributed by atoms with Crippen LogP contribution in [0.15, 0.2) is 65.1 Å². The highest BCUT2D eigenvalue weighted by Gasteiger charge is 2.11. The van der Waals surface area contributed by atoms with Gasteiger partial charge in [-0.25, -0.2) is 0 Å². The molecular formula is C18H15BrClN.